The lowest BCUT2D eigenvalue weighted by Gasteiger charge is -2.14. The molecule has 1 aromatic rings. The van der Waals surface area contributed by atoms with E-state index in [9.17, 15) is 4.79 Å². The number of pyridine rings is 1. The third-order valence-corrected chi connectivity index (χ3v) is 3.10. The summed E-state index contributed by atoms with van der Waals surface area (Å²) in [6.45, 7) is 2.06. The van der Waals surface area contributed by atoms with Gasteiger partial charge in [-0.05, 0) is 25.3 Å². The van der Waals surface area contributed by atoms with E-state index in [1.165, 1.54) is 12.8 Å². The number of anilines is 1. The molecule has 0 bridgehead atoms. The number of hydrogen-bond donors (Lipinski definition) is 2. The molecule has 1 aromatic heterocycles. The summed E-state index contributed by atoms with van der Waals surface area (Å²) in [6, 6.07) is 2.04. The highest BCUT2D eigenvalue weighted by Crippen LogP contribution is 2.33. The van der Waals surface area contributed by atoms with Crippen molar-refractivity contribution in [3.8, 4) is 0 Å². The summed E-state index contributed by atoms with van der Waals surface area (Å²) in [5.41, 5.74) is 1.42. The SMILES string of the molecule is CNc1ccncc1C(=O)NC(C)CC1CC1. The second kappa shape index (κ2) is 5.17. The summed E-state index contributed by atoms with van der Waals surface area (Å²) in [7, 11) is 1.81. The highest BCUT2D eigenvalue weighted by Gasteiger charge is 2.24. The smallest absolute Gasteiger partial charge is 0.255 e. The molecule has 2 rings (SSSR count). The molecular weight excluding hydrogens is 214 g/mol. The minimum atomic E-state index is -0.0457. The van der Waals surface area contributed by atoms with Gasteiger partial charge in [-0.3, -0.25) is 9.78 Å². The fourth-order valence-corrected chi connectivity index (χ4v) is 2.01. The molecule has 1 unspecified atom stereocenters. The van der Waals surface area contributed by atoms with Crippen molar-refractivity contribution in [2.75, 3.05) is 12.4 Å². The van der Waals surface area contributed by atoms with E-state index in [1.54, 1.807) is 25.5 Å². The molecule has 1 fully saturated rings. The van der Waals surface area contributed by atoms with Gasteiger partial charge in [0, 0.05) is 31.2 Å². The Morgan fingerprint density at radius 1 is 1.59 bits per heavy atom. The first-order chi connectivity index (χ1) is 8.20. The van der Waals surface area contributed by atoms with E-state index < -0.39 is 0 Å². The van der Waals surface area contributed by atoms with Crippen molar-refractivity contribution in [3.63, 3.8) is 0 Å². The Hall–Kier alpha value is -1.58. The van der Waals surface area contributed by atoms with Gasteiger partial charge in [0.25, 0.3) is 5.91 Å². The standard InChI is InChI=1S/C13H19N3O/c1-9(7-10-3-4-10)16-13(17)11-8-15-6-5-12(11)14-2/h5-6,8-10H,3-4,7H2,1-2H3,(H,14,15)(H,16,17). The summed E-state index contributed by atoms with van der Waals surface area (Å²) in [5.74, 6) is 0.776. The third-order valence-electron chi connectivity index (χ3n) is 3.10. The Kier molecular flexibility index (Phi) is 3.61. The van der Waals surface area contributed by atoms with Gasteiger partial charge in [0.1, 0.15) is 0 Å². The van der Waals surface area contributed by atoms with Crippen molar-refractivity contribution >= 4 is 11.6 Å². The molecule has 17 heavy (non-hydrogen) atoms. The highest BCUT2D eigenvalue weighted by molar-refractivity contribution is 5.99. The van der Waals surface area contributed by atoms with Crippen LogP contribution in [-0.4, -0.2) is 24.0 Å². The van der Waals surface area contributed by atoms with Gasteiger partial charge in [-0.1, -0.05) is 12.8 Å². The molecule has 2 N–H and O–H groups in total. The number of nitrogens with one attached hydrogen (secondary N) is 2. The number of carbonyl (C=O) groups excluding carboxylic acids is 1. The summed E-state index contributed by atoms with van der Waals surface area (Å²) in [5, 5.41) is 6.03. The van der Waals surface area contributed by atoms with E-state index in [2.05, 4.69) is 22.5 Å². The molecule has 1 saturated carbocycles. The van der Waals surface area contributed by atoms with E-state index >= 15 is 0 Å². The number of amides is 1. The van der Waals surface area contributed by atoms with Crippen molar-refractivity contribution < 1.29 is 4.79 Å². The monoisotopic (exact) mass is 233 g/mol. The molecule has 0 spiro atoms. The maximum Gasteiger partial charge on any atom is 0.255 e. The van der Waals surface area contributed by atoms with E-state index in [4.69, 9.17) is 0 Å². The van der Waals surface area contributed by atoms with Crippen molar-refractivity contribution in [2.45, 2.75) is 32.2 Å². The second-order valence-electron chi connectivity index (χ2n) is 4.72. The minimum Gasteiger partial charge on any atom is -0.387 e. The average Bonchev–Trinajstić information content (AvgIpc) is 3.12. The van der Waals surface area contributed by atoms with Crippen molar-refractivity contribution in [1.82, 2.24) is 10.3 Å². The molecule has 0 radical (unpaired) electrons. The quantitative estimate of drug-likeness (QED) is 0.818. The predicted octanol–water partition coefficient (Wildman–Crippen LogP) is 2.04. The van der Waals surface area contributed by atoms with Crippen LogP contribution in [-0.2, 0) is 0 Å². The van der Waals surface area contributed by atoms with Gasteiger partial charge >= 0.3 is 0 Å². The van der Waals surface area contributed by atoms with Crippen LogP contribution in [0.15, 0.2) is 18.5 Å². The van der Waals surface area contributed by atoms with Gasteiger partial charge in [0.2, 0.25) is 0 Å². The van der Waals surface area contributed by atoms with Gasteiger partial charge in [-0.2, -0.15) is 0 Å². The van der Waals surface area contributed by atoms with Crippen LogP contribution in [0.2, 0.25) is 0 Å². The zero-order chi connectivity index (χ0) is 12.3. The zero-order valence-corrected chi connectivity index (χ0v) is 10.4. The fraction of sp³-hybridized carbons (Fsp3) is 0.538. The fourth-order valence-electron chi connectivity index (χ4n) is 2.01. The topological polar surface area (TPSA) is 54.0 Å². The first-order valence-corrected chi connectivity index (χ1v) is 6.13. The molecule has 4 nitrogen and oxygen atoms in total. The normalized spacial score (nSPS) is 16.4. The number of nitrogens with zero attached hydrogens (tertiary/aromatic N) is 1. The van der Waals surface area contributed by atoms with E-state index in [1.807, 2.05) is 0 Å². The van der Waals surface area contributed by atoms with Crippen LogP contribution in [0.3, 0.4) is 0 Å². The molecule has 1 amide bonds. The molecular formula is C13H19N3O. The third kappa shape index (κ3) is 3.19. The lowest BCUT2D eigenvalue weighted by atomic mass is 10.1. The van der Waals surface area contributed by atoms with Gasteiger partial charge in [-0.15, -0.1) is 0 Å². The van der Waals surface area contributed by atoms with Crippen LogP contribution in [0.5, 0.6) is 0 Å². The van der Waals surface area contributed by atoms with Crippen molar-refractivity contribution in [1.29, 1.82) is 0 Å². The molecule has 1 aliphatic rings. The first kappa shape index (κ1) is 11.9. The lowest BCUT2D eigenvalue weighted by molar-refractivity contribution is 0.0938. The van der Waals surface area contributed by atoms with Crippen LogP contribution in [0.25, 0.3) is 0 Å². The summed E-state index contributed by atoms with van der Waals surface area (Å²) in [4.78, 5) is 16.0. The maximum absolute atomic E-state index is 12.0. The summed E-state index contributed by atoms with van der Waals surface area (Å²) in [6.07, 6.45) is 6.99. The van der Waals surface area contributed by atoms with Crippen LogP contribution in [0, 0.1) is 5.92 Å². The van der Waals surface area contributed by atoms with Crippen LogP contribution in [0.4, 0.5) is 5.69 Å². The number of carbonyl (C=O) groups is 1. The Morgan fingerprint density at radius 2 is 2.35 bits per heavy atom. The van der Waals surface area contributed by atoms with Crippen molar-refractivity contribution in [3.05, 3.63) is 24.0 Å². The summed E-state index contributed by atoms with van der Waals surface area (Å²) < 4.78 is 0. The number of aromatic nitrogens is 1. The summed E-state index contributed by atoms with van der Waals surface area (Å²) >= 11 is 0. The highest BCUT2D eigenvalue weighted by atomic mass is 16.1. The van der Waals surface area contributed by atoms with E-state index in [0.717, 1.165) is 18.0 Å². The number of rotatable bonds is 5. The van der Waals surface area contributed by atoms with Gasteiger partial charge in [-0.25, -0.2) is 0 Å². The largest absolute Gasteiger partial charge is 0.387 e. The molecule has 92 valence electrons. The molecule has 4 heteroatoms. The van der Waals surface area contributed by atoms with E-state index in [-0.39, 0.29) is 11.9 Å². The molecule has 0 saturated heterocycles. The molecule has 0 aromatic carbocycles. The van der Waals surface area contributed by atoms with Crippen LogP contribution < -0.4 is 10.6 Å². The molecule has 1 heterocycles. The molecule has 0 aliphatic heterocycles. The van der Waals surface area contributed by atoms with E-state index in [0.29, 0.717) is 5.56 Å². The van der Waals surface area contributed by atoms with Gasteiger partial charge in [0.05, 0.1) is 5.56 Å². The van der Waals surface area contributed by atoms with Crippen LogP contribution in [0.1, 0.15) is 36.5 Å². The Bertz CT molecular complexity index is 401. The van der Waals surface area contributed by atoms with Gasteiger partial charge < -0.3 is 10.6 Å². The second-order valence-corrected chi connectivity index (χ2v) is 4.72. The van der Waals surface area contributed by atoms with Crippen molar-refractivity contribution in [2.24, 2.45) is 5.92 Å². The first-order valence-electron chi connectivity index (χ1n) is 6.13. The zero-order valence-electron chi connectivity index (χ0n) is 10.4. The Balaban J connectivity index is 1.97. The van der Waals surface area contributed by atoms with Crippen LogP contribution >= 0.6 is 0 Å². The molecule has 1 atom stereocenters. The van der Waals surface area contributed by atoms with Gasteiger partial charge in [0.15, 0.2) is 0 Å². The number of hydrogen-bond acceptors (Lipinski definition) is 3. The average molecular weight is 233 g/mol. The Morgan fingerprint density at radius 3 is 3.00 bits per heavy atom. The lowest BCUT2D eigenvalue weighted by Crippen LogP contribution is -2.33. The Labute approximate surface area is 102 Å². The minimum absolute atomic E-state index is 0.0457. The predicted molar refractivity (Wildman–Crippen MR) is 68.1 cm³/mol. The molecule has 1 aliphatic carbocycles. The maximum atomic E-state index is 12.0.